The second-order valence-electron chi connectivity index (χ2n) is 13.0. The molecule has 2 atom stereocenters. The SMILES string of the molecule is CC1C=c2c(c3c(n2-c2ccc(-c4cccc5c4sc4ccccc45)cc2)CC(C)c2c-3ccc3c2sc2ccccc23)=CC1. The van der Waals surface area contributed by atoms with Crippen molar-refractivity contribution < 1.29 is 0 Å². The second-order valence-corrected chi connectivity index (χ2v) is 15.1. The van der Waals surface area contributed by atoms with E-state index in [0.717, 1.165) is 12.8 Å². The molecule has 45 heavy (non-hydrogen) atoms. The highest BCUT2D eigenvalue weighted by molar-refractivity contribution is 7.26. The quantitative estimate of drug-likeness (QED) is 0.183. The van der Waals surface area contributed by atoms with Gasteiger partial charge >= 0.3 is 0 Å². The first-order valence-corrected chi connectivity index (χ1v) is 17.7. The molecule has 3 heteroatoms. The predicted molar refractivity (Wildman–Crippen MR) is 196 cm³/mol. The third kappa shape index (κ3) is 3.66. The molecule has 5 aromatic carbocycles. The molecule has 0 spiro atoms. The Morgan fingerprint density at radius 3 is 2.11 bits per heavy atom. The maximum absolute atomic E-state index is 2.59. The van der Waals surface area contributed by atoms with Crippen molar-refractivity contribution in [2.24, 2.45) is 5.92 Å². The molecule has 2 aliphatic rings. The Labute approximate surface area is 270 Å². The monoisotopic (exact) mass is 613 g/mol. The van der Waals surface area contributed by atoms with Gasteiger partial charge in [0.1, 0.15) is 0 Å². The van der Waals surface area contributed by atoms with Crippen molar-refractivity contribution in [3.8, 4) is 27.9 Å². The van der Waals surface area contributed by atoms with Gasteiger partial charge in [0.05, 0.1) is 0 Å². The van der Waals surface area contributed by atoms with E-state index in [4.69, 9.17) is 0 Å². The highest BCUT2D eigenvalue weighted by atomic mass is 32.1. The molecule has 0 bridgehead atoms. The third-order valence-electron chi connectivity index (χ3n) is 10.2. The van der Waals surface area contributed by atoms with Crippen LogP contribution in [-0.4, -0.2) is 4.57 Å². The first kappa shape index (κ1) is 25.8. The normalized spacial score (nSPS) is 17.3. The first-order chi connectivity index (χ1) is 22.1. The van der Waals surface area contributed by atoms with Crippen molar-refractivity contribution in [3.63, 3.8) is 0 Å². The maximum atomic E-state index is 2.59. The zero-order chi connectivity index (χ0) is 29.8. The summed E-state index contributed by atoms with van der Waals surface area (Å²) < 4.78 is 8.18. The molecule has 2 aliphatic carbocycles. The number of benzene rings is 5. The topological polar surface area (TPSA) is 4.93 Å². The lowest BCUT2D eigenvalue weighted by Gasteiger charge is -2.25. The smallest absolute Gasteiger partial charge is 0.0497 e. The molecule has 216 valence electrons. The summed E-state index contributed by atoms with van der Waals surface area (Å²) in [6.07, 6.45) is 7.17. The van der Waals surface area contributed by atoms with Crippen LogP contribution in [-0.2, 0) is 6.42 Å². The van der Waals surface area contributed by atoms with Crippen molar-refractivity contribution in [1.29, 1.82) is 0 Å². The summed E-state index contributed by atoms with van der Waals surface area (Å²) in [6.45, 7) is 4.79. The van der Waals surface area contributed by atoms with Gasteiger partial charge in [0.2, 0.25) is 0 Å². The van der Waals surface area contributed by atoms with Crippen LogP contribution in [0.4, 0.5) is 0 Å². The molecule has 0 N–H and O–H groups in total. The largest absolute Gasteiger partial charge is 0.313 e. The van der Waals surface area contributed by atoms with Crippen LogP contribution in [0.25, 0.3) is 80.4 Å². The molecule has 2 unspecified atom stereocenters. The average Bonchev–Trinajstić information content (AvgIpc) is 3.74. The zero-order valence-corrected chi connectivity index (χ0v) is 26.9. The van der Waals surface area contributed by atoms with Gasteiger partial charge in [-0.15, -0.1) is 22.7 Å². The number of thiophene rings is 2. The Hall–Kier alpha value is -4.44. The first-order valence-electron chi connectivity index (χ1n) is 16.1. The number of nitrogens with zero attached hydrogens (tertiary/aromatic N) is 1. The highest BCUT2D eigenvalue weighted by Crippen LogP contribution is 2.47. The molecule has 0 fully saturated rings. The van der Waals surface area contributed by atoms with Crippen LogP contribution < -0.4 is 10.6 Å². The highest BCUT2D eigenvalue weighted by Gasteiger charge is 2.30. The van der Waals surface area contributed by atoms with Gasteiger partial charge in [-0.1, -0.05) is 105 Å². The van der Waals surface area contributed by atoms with E-state index in [0.29, 0.717) is 11.8 Å². The summed E-state index contributed by atoms with van der Waals surface area (Å²) in [5, 5.41) is 8.30. The van der Waals surface area contributed by atoms with Crippen LogP contribution in [0, 0.1) is 5.92 Å². The zero-order valence-electron chi connectivity index (χ0n) is 25.3. The maximum Gasteiger partial charge on any atom is 0.0497 e. The van der Waals surface area contributed by atoms with Crippen molar-refractivity contribution in [3.05, 3.63) is 125 Å². The fraction of sp³-hybridized carbons (Fsp3) is 0.143. The fourth-order valence-electron chi connectivity index (χ4n) is 8.14. The van der Waals surface area contributed by atoms with Gasteiger partial charge < -0.3 is 4.57 Å². The molecule has 8 aromatic rings. The van der Waals surface area contributed by atoms with Crippen LogP contribution in [0.2, 0.25) is 0 Å². The minimum atomic E-state index is 0.446. The minimum absolute atomic E-state index is 0.446. The Kier molecular flexibility index (Phi) is 5.47. The van der Waals surface area contributed by atoms with E-state index < -0.39 is 0 Å². The van der Waals surface area contributed by atoms with Crippen molar-refractivity contribution in [1.82, 2.24) is 4.57 Å². The molecule has 3 heterocycles. The molecule has 3 aromatic heterocycles. The number of rotatable bonds is 2. The third-order valence-corrected chi connectivity index (χ3v) is 12.6. The summed E-state index contributed by atoms with van der Waals surface area (Å²) >= 11 is 3.88. The lowest BCUT2D eigenvalue weighted by Crippen LogP contribution is -2.32. The summed E-state index contributed by atoms with van der Waals surface area (Å²) in [6, 6.07) is 38.6. The Balaban J connectivity index is 1.17. The fourth-order valence-corrected chi connectivity index (χ4v) is 10.7. The lowest BCUT2D eigenvalue weighted by molar-refractivity contribution is 0.717. The van der Waals surface area contributed by atoms with Gasteiger partial charge in [0.15, 0.2) is 0 Å². The van der Waals surface area contributed by atoms with E-state index in [1.165, 1.54) is 84.5 Å². The van der Waals surface area contributed by atoms with Crippen molar-refractivity contribution >= 4 is 75.2 Å². The van der Waals surface area contributed by atoms with Gasteiger partial charge in [-0.3, -0.25) is 0 Å². The van der Waals surface area contributed by atoms with E-state index in [9.17, 15) is 0 Å². The van der Waals surface area contributed by atoms with Crippen LogP contribution in [0.15, 0.2) is 103 Å². The van der Waals surface area contributed by atoms with E-state index in [1.807, 2.05) is 22.7 Å². The van der Waals surface area contributed by atoms with Crippen LogP contribution in [0.1, 0.15) is 37.4 Å². The number of hydrogen-bond donors (Lipinski definition) is 0. The molecular weight excluding hydrogens is 583 g/mol. The number of aromatic nitrogens is 1. The summed E-state index contributed by atoms with van der Waals surface area (Å²) in [4.78, 5) is 0. The molecule has 0 amide bonds. The molecule has 1 nitrogen and oxygen atoms in total. The van der Waals surface area contributed by atoms with Gasteiger partial charge in [-0.25, -0.2) is 0 Å². The Bertz CT molecular complexity index is 2630. The van der Waals surface area contributed by atoms with E-state index >= 15 is 0 Å². The number of fused-ring (bicyclic) bond motifs is 12. The Morgan fingerprint density at radius 1 is 0.644 bits per heavy atom. The predicted octanol–water partition coefficient (Wildman–Crippen LogP) is 10.8. The average molecular weight is 614 g/mol. The van der Waals surface area contributed by atoms with Crippen LogP contribution in [0.5, 0.6) is 0 Å². The van der Waals surface area contributed by atoms with Gasteiger partial charge in [-0.2, -0.15) is 0 Å². The van der Waals surface area contributed by atoms with Crippen molar-refractivity contribution in [2.75, 3.05) is 0 Å². The molecular formula is C42H31NS2. The Morgan fingerprint density at radius 2 is 1.33 bits per heavy atom. The molecule has 0 saturated carbocycles. The van der Waals surface area contributed by atoms with Gasteiger partial charge in [0.25, 0.3) is 0 Å². The van der Waals surface area contributed by atoms with Gasteiger partial charge in [-0.05, 0) is 71.2 Å². The number of hydrogen-bond acceptors (Lipinski definition) is 2. The van der Waals surface area contributed by atoms with E-state index in [1.54, 1.807) is 5.56 Å². The van der Waals surface area contributed by atoms with E-state index in [-0.39, 0.29) is 0 Å². The molecule has 0 radical (unpaired) electrons. The molecule has 0 saturated heterocycles. The molecule has 0 aliphatic heterocycles. The van der Waals surface area contributed by atoms with E-state index in [2.05, 4.69) is 134 Å². The molecule has 10 rings (SSSR count). The lowest BCUT2D eigenvalue weighted by atomic mass is 9.81. The summed E-state index contributed by atoms with van der Waals surface area (Å²) in [5.41, 5.74) is 9.75. The van der Waals surface area contributed by atoms with Crippen LogP contribution >= 0.6 is 22.7 Å². The van der Waals surface area contributed by atoms with Crippen molar-refractivity contribution in [2.45, 2.75) is 32.6 Å². The standard InChI is InChI=1S/C42H31NS2/c1-24-14-19-33-35(22-24)43(27-17-15-26(16-18-27)28-10-7-11-31-29-8-3-5-12-37(29)44-41(28)31)36-23-25(2)39-34(40(33)36)21-20-32-30-9-4-6-13-38(30)45-42(32)39/h3-13,15-22,24-25H,14,23H2,1-2H3. The summed E-state index contributed by atoms with van der Waals surface area (Å²) in [5.74, 6) is 0.973. The second kappa shape index (κ2) is 9.53. The summed E-state index contributed by atoms with van der Waals surface area (Å²) in [7, 11) is 0. The van der Waals surface area contributed by atoms with Gasteiger partial charge in [0, 0.05) is 67.9 Å². The van der Waals surface area contributed by atoms with Crippen LogP contribution in [0.3, 0.4) is 0 Å². The minimum Gasteiger partial charge on any atom is -0.313 e.